The molecule has 4 heteroatoms. The van der Waals surface area contributed by atoms with Gasteiger partial charge < -0.3 is 10.6 Å². The van der Waals surface area contributed by atoms with Gasteiger partial charge in [0.25, 0.3) is 5.91 Å². The lowest BCUT2D eigenvalue weighted by Gasteiger charge is -2.27. The second-order valence-electron chi connectivity index (χ2n) is 5.42. The van der Waals surface area contributed by atoms with Crippen molar-refractivity contribution in [2.24, 2.45) is 5.92 Å². The summed E-state index contributed by atoms with van der Waals surface area (Å²) >= 11 is 3.36. The highest BCUT2D eigenvalue weighted by Gasteiger charge is 2.20. The quantitative estimate of drug-likeness (QED) is 0.862. The zero-order valence-corrected chi connectivity index (χ0v) is 12.9. The maximum Gasteiger partial charge on any atom is 0.255 e. The van der Waals surface area contributed by atoms with Gasteiger partial charge in [0.05, 0.1) is 5.56 Å². The number of nitrogen functional groups attached to an aromatic ring is 1. The fraction of sp³-hybridized carbons (Fsp3) is 0.533. The summed E-state index contributed by atoms with van der Waals surface area (Å²) in [6.07, 6.45) is 6.43. The number of amides is 1. The SMILES string of the molecule is CN(CC1CCCCC1)C(=O)c1ccc(Br)cc1N. The smallest absolute Gasteiger partial charge is 0.255 e. The van der Waals surface area contributed by atoms with E-state index in [0.717, 1.165) is 11.0 Å². The molecule has 1 aliphatic carbocycles. The molecular formula is C15H21BrN2O. The van der Waals surface area contributed by atoms with E-state index in [1.54, 1.807) is 12.1 Å². The minimum absolute atomic E-state index is 0.0237. The molecule has 3 nitrogen and oxygen atoms in total. The highest BCUT2D eigenvalue weighted by molar-refractivity contribution is 9.10. The molecule has 1 aliphatic rings. The Morgan fingerprint density at radius 2 is 2.05 bits per heavy atom. The van der Waals surface area contributed by atoms with E-state index >= 15 is 0 Å². The molecule has 104 valence electrons. The van der Waals surface area contributed by atoms with Gasteiger partial charge in [0.15, 0.2) is 0 Å². The molecule has 2 N–H and O–H groups in total. The molecule has 2 rings (SSSR count). The van der Waals surface area contributed by atoms with Gasteiger partial charge >= 0.3 is 0 Å². The second kappa shape index (κ2) is 6.42. The van der Waals surface area contributed by atoms with Crippen molar-refractivity contribution in [3.8, 4) is 0 Å². The van der Waals surface area contributed by atoms with Gasteiger partial charge in [-0.15, -0.1) is 0 Å². The van der Waals surface area contributed by atoms with Crippen molar-refractivity contribution in [1.82, 2.24) is 4.90 Å². The van der Waals surface area contributed by atoms with Crippen LogP contribution in [0, 0.1) is 5.92 Å². The molecule has 0 aliphatic heterocycles. The Morgan fingerprint density at radius 1 is 1.37 bits per heavy atom. The maximum atomic E-state index is 12.4. The van der Waals surface area contributed by atoms with Crippen LogP contribution < -0.4 is 5.73 Å². The van der Waals surface area contributed by atoms with Crippen LogP contribution in [0.3, 0.4) is 0 Å². The van der Waals surface area contributed by atoms with Crippen LogP contribution in [-0.4, -0.2) is 24.4 Å². The minimum atomic E-state index is 0.0237. The number of carbonyl (C=O) groups excluding carboxylic acids is 1. The standard InChI is InChI=1S/C15H21BrN2O/c1-18(10-11-5-3-2-4-6-11)15(19)13-8-7-12(16)9-14(13)17/h7-9,11H,2-6,10,17H2,1H3. The zero-order valence-electron chi connectivity index (χ0n) is 11.4. The van der Waals surface area contributed by atoms with Crippen molar-refractivity contribution in [3.05, 3.63) is 28.2 Å². The Labute approximate surface area is 123 Å². The van der Waals surface area contributed by atoms with Crippen LogP contribution in [0.25, 0.3) is 0 Å². The van der Waals surface area contributed by atoms with Gasteiger partial charge in [0.2, 0.25) is 0 Å². The molecule has 19 heavy (non-hydrogen) atoms. The number of rotatable bonds is 3. The summed E-state index contributed by atoms with van der Waals surface area (Å²) in [6.45, 7) is 0.842. The van der Waals surface area contributed by atoms with Gasteiger partial charge in [-0.25, -0.2) is 0 Å². The fourth-order valence-electron chi connectivity index (χ4n) is 2.77. The maximum absolute atomic E-state index is 12.4. The van der Waals surface area contributed by atoms with E-state index in [2.05, 4.69) is 15.9 Å². The molecule has 0 aromatic heterocycles. The summed E-state index contributed by atoms with van der Waals surface area (Å²) in [5.74, 6) is 0.676. The van der Waals surface area contributed by atoms with Crippen molar-refractivity contribution < 1.29 is 4.79 Å². The van der Waals surface area contributed by atoms with Crippen molar-refractivity contribution >= 4 is 27.5 Å². The highest BCUT2D eigenvalue weighted by Crippen LogP contribution is 2.25. The van der Waals surface area contributed by atoms with E-state index in [9.17, 15) is 4.79 Å². The molecule has 0 bridgehead atoms. The first-order valence-corrected chi connectivity index (χ1v) is 7.67. The normalized spacial score (nSPS) is 16.3. The molecule has 0 atom stereocenters. The van der Waals surface area contributed by atoms with Gasteiger partial charge in [0, 0.05) is 23.8 Å². The largest absolute Gasteiger partial charge is 0.398 e. The van der Waals surface area contributed by atoms with E-state index in [4.69, 9.17) is 5.73 Å². The molecule has 0 heterocycles. The number of hydrogen-bond donors (Lipinski definition) is 1. The topological polar surface area (TPSA) is 46.3 Å². The van der Waals surface area contributed by atoms with Crippen LogP contribution in [-0.2, 0) is 0 Å². The minimum Gasteiger partial charge on any atom is -0.398 e. The molecule has 0 unspecified atom stereocenters. The molecule has 0 saturated heterocycles. The Morgan fingerprint density at radius 3 is 2.68 bits per heavy atom. The Kier molecular flexibility index (Phi) is 4.86. The molecule has 0 radical (unpaired) electrons. The fourth-order valence-corrected chi connectivity index (χ4v) is 3.15. The first-order valence-electron chi connectivity index (χ1n) is 6.88. The molecule has 0 spiro atoms. The Bertz CT molecular complexity index is 455. The molecular weight excluding hydrogens is 304 g/mol. The predicted octanol–water partition coefficient (Wildman–Crippen LogP) is 3.68. The molecule has 1 aromatic rings. The average molecular weight is 325 g/mol. The summed E-state index contributed by atoms with van der Waals surface area (Å²) in [5.41, 5.74) is 7.05. The third kappa shape index (κ3) is 3.72. The van der Waals surface area contributed by atoms with Crippen LogP contribution in [0.1, 0.15) is 42.5 Å². The summed E-state index contributed by atoms with van der Waals surface area (Å²) < 4.78 is 0.900. The van der Waals surface area contributed by atoms with Crippen molar-refractivity contribution in [3.63, 3.8) is 0 Å². The molecule has 1 amide bonds. The summed E-state index contributed by atoms with van der Waals surface area (Å²) in [4.78, 5) is 14.2. The highest BCUT2D eigenvalue weighted by atomic mass is 79.9. The van der Waals surface area contributed by atoms with Crippen LogP contribution in [0.2, 0.25) is 0 Å². The summed E-state index contributed by atoms with van der Waals surface area (Å²) in [7, 11) is 1.87. The number of nitrogens with two attached hydrogens (primary N) is 1. The van der Waals surface area contributed by atoms with Crippen LogP contribution in [0.4, 0.5) is 5.69 Å². The van der Waals surface area contributed by atoms with Crippen LogP contribution in [0.5, 0.6) is 0 Å². The van der Waals surface area contributed by atoms with Crippen molar-refractivity contribution in [2.45, 2.75) is 32.1 Å². The van der Waals surface area contributed by atoms with Crippen molar-refractivity contribution in [1.29, 1.82) is 0 Å². The average Bonchev–Trinajstić information content (AvgIpc) is 2.39. The number of nitrogens with zero attached hydrogens (tertiary/aromatic N) is 1. The molecule has 1 aromatic carbocycles. The molecule has 1 saturated carbocycles. The summed E-state index contributed by atoms with van der Waals surface area (Å²) in [5, 5.41) is 0. The molecule has 1 fully saturated rings. The van der Waals surface area contributed by atoms with Gasteiger partial charge in [0.1, 0.15) is 0 Å². The third-order valence-electron chi connectivity index (χ3n) is 3.85. The lowest BCUT2D eigenvalue weighted by molar-refractivity contribution is 0.0761. The van der Waals surface area contributed by atoms with Crippen LogP contribution in [0.15, 0.2) is 22.7 Å². The van der Waals surface area contributed by atoms with E-state index in [0.29, 0.717) is 17.2 Å². The van der Waals surface area contributed by atoms with Crippen molar-refractivity contribution in [2.75, 3.05) is 19.3 Å². The second-order valence-corrected chi connectivity index (χ2v) is 6.34. The monoisotopic (exact) mass is 324 g/mol. The lowest BCUT2D eigenvalue weighted by atomic mass is 9.89. The van der Waals surface area contributed by atoms with E-state index in [1.807, 2.05) is 18.0 Å². The third-order valence-corrected chi connectivity index (χ3v) is 4.34. The van der Waals surface area contributed by atoms with Crippen LogP contribution >= 0.6 is 15.9 Å². The number of carbonyl (C=O) groups is 1. The zero-order chi connectivity index (χ0) is 13.8. The Balaban J connectivity index is 2.01. The predicted molar refractivity (Wildman–Crippen MR) is 82.1 cm³/mol. The summed E-state index contributed by atoms with van der Waals surface area (Å²) in [6, 6.07) is 5.43. The van der Waals surface area contributed by atoms with E-state index in [1.165, 1.54) is 32.1 Å². The first kappa shape index (κ1) is 14.4. The van der Waals surface area contributed by atoms with Gasteiger partial charge in [-0.2, -0.15) is 0 Å². The van der Waals surface area contributed by atoms with Gasteiger partial charge in [-0.3, -0.25) is 4.79 Å². The lowest BCUT2D eigenvalue weighted by Crippen LogP contribution is -2.33. The number of hydrogen-bond acceptors (Lipinski definition) is 2. The first-order chi connectivity index (χ1) is 9.08. The number of halogens is 1. The number of benzene rings is 1. The van der Waals surface area contributed by atoms with E-state index < -0.39 is 0 Å². The van der Waals surface area contributed by atoms with Gasteiger partial charge in [-0.1, -0.05) is 35.2 Å². The van der Waals surface area contributed by atoms with E-state index in [-0.39, 0.29) is 5.91 Å². The van der Waals surface area contributed by atoms with Gasteiger partial charge in [-0.05, 0) is 37.0 Å². The number of anilines is 1. The Hall–Kier alpha value is -1.03.